The molecule has 1 aromatic carbocycles. The Morgan fingerprint density at radius 1 is 1.14 bits per heavy atom. The summed E-state index contributed by atoms with van der Waals surface area (Å²) in [4.78, 5) is 26.6. The molecule has 0 spiro atoms. The number of methoxy groups -OCH3 is 1. The van der Waals surface area contributed by atoms with E-state index in [0.29, 0.717) is 16.5 Å². The number of hydrogen-bond acceptors (Lipinski definition) is 3. The fraction of sp³-hybridized carbons (Fsp3) is 0.375. The van der Waals surface area contributed by atoms with Crippen LogP contribution in [0.25, 0.3) is 0 Å². The third-order valence-corrected chi connectivity index (χ3v) is 5.16. The van der Waals surface area contributed by atoms with E-state index in [2.05, 4.69) is 12.2 Å². The number of benzene rings is 1. The quantitative estimate of drug-likeness (QED) is 0.623. The maximum absolute atomic E-state index is 12.7. The van der Waals surface area contributed by atoms with Crippen LogP contribution in [0.2, 0.25) is 5.02 Å². The van der Waals surface area contributed by atoms with Crippen LogP contribution in [0.3, 0.4) is 0 Å². The summed E-state index contributed by atoms with van der Waals surface area (Å²) in [6.45, 7) is 0. The zero-order valence-electron chi connectivity index (χ0n) is 11.5. The standard InChI is InChI=1S/C16H14ClNO3/c1-21-12-5-4-10(7-11(12)17)18-15(19)13-8-2-3-9(6-8)14(13)16(18)20/h2-5,7-9,13-14H,6H2,1H3/t8-,9-,13+,14+/m0/s1. The summed E-state index contributed by atoms with van der Waals surface area (Å²) < 4.78 is 5.10. The summed E-state index contributed by atoms with van der Waals surface area (Å²) in [5.41, 5.74) is 0.532. The van der Waals surface area contributed by atoms with Crippen molar-refractivity contribution < 1.29 is 14.3 Å². The van der Waals surface area contributed by atoms with Gasteiger partial charge in [0.05, 0.1) is 29.7 Å². The number of ether oxygens (including phenoxy) is 1. The first-order chi connectivity index (χ1) is 10.1. The molecule has 2 aliphatic carbocycles. The van der Waals surface area contributed by atoms with Crippen LogP contribution in [0.5, 0.6) is 5.75 Å². The van der Waals surface area contributed by atoms with Gasteiger partial charge in [0.1, 0.15) is 5.75 Å². The number of carbonyl (C=O) groups excluding carboxylic acids is 2. The van der Waals surface area contributed by atoms with Gasteiger partial charge in [-0.05, 0) is 36.5 Å². The number of carbonyl (C=O) groups is 2. The fourth-order valence-electron chi connectivity index (χ4n) is 3.95. The van der Waals surface area contributed by atoms with E-state index in [1.54, 1.807) is 18.2 Å². The maximum atomic E-state index is 12.7. The van der Waals surface area contributed by atoms with Crippen molar-refractivity contribution in [2.24, 2.45) is 23.7 Å². The lowest BCUT2D eigenvalue weighted by Crippen LogP contribution is -2.32. The van der Waals surface area contributed by atoms with Crippen LogP contribution in [-0.2, 0) is 9.59 Å². The Morgan fingerprint density at radius 2 is 1.76 bits per heavy atom. The molecule has 3 aliphatic rings. The number of anilines is 1. The molecule has 0 radical (unpaired) electrons. The van der Waals surface area contributed by atoms with E-state index in [9.17, 15) is 9.59 Å². The second-order valence-corrected chi connectivity index (χ2v) is 6.24. The topological polar surface area (TPSA) is 46.6 Å². The predicted octanol–water partition coefficient (Wildman–Crippen LogP) is 2.66. The van der Waals surface area contributed by atoms with Crippen LogP contribution in [0.4, 0.5) is 5.69 Å². The van der Waals surface area contributed by atoms with Gasteiger partial charge in [-0.3, -0.25) is 9.59 Å². The average Bonchev–Trinajstić information content (AvgIpc) is 3.13. The highest BCUT2D eigenvalue weighted by atomic mass is 35.5. The molecule has 1 saturated heterocycles. The number of hydrogen-bond donors (Lipinski definition) is 0. The van der Waals surface area contributed by atoms with Crippen molar-refractivity contribution in [2.75, 3.05) is 12.0 Å². The molecule has 4 atom stereocenters. The second kappa shape index (κ2) is 4.34. The molecule has 0 unspecified atom stereocenters. The number of fused-ring (bicyclic) bond motifs is 5. The molecule has 2 fully saturated rings. The SMILES string of the molecule is COc1ccc(N2C(=O)[C@H]3[C@H](C2=O)[C@H]2C=C[C@H]3C2)cc1Cl. The van der Waals surface area contributed by atoms with Crippen LogP contribution in [0.15, 0.2) is 30.4 Å². The first-order valence-electron chi connectivity index (χ1n) is 7.01. The third-order valence-electron chi connectivity index (χ3n) is 4.86. The average molecular weight is 304 g/mol. The summed E-state index contributed by atoms with van der Waals surface area (Å²) in [7, 11) is 1.53. The Bertz CT molecular complexity index is 654. The smallest absolute Gasteiger partial charge is 0.238 e. The van der Waals surface area contributed by atoms with E-state index in [0.717, 1.165) is 6.42 Å². The Balaban J connectivity index is 1.72. The van der Waals surface area contributed by atoms with Gasteiger partial charge >= 0.3 is 0 Å². The van der Waals surface area contributed by atoms with Gasteiger partial charge in [0.25, 0.3) is 0 Å². The molecular formula is C16H14ClNO3. The van der Waals surface area contributed by atoms with Crippen LogP contribution < -0.4 is 9.64 Å². The third kappa shape index (κ3) is 1.62. The summed E-state index contributed by atoms with van der Waals surface area (Å²) >= 11 is 6.11. The highest BCUT2D eigenvalue weighted by molar-refractivity contribution is 6.33. The molecule has 1 heterocycles. The lowest BCUT2D eigenvalue weighted by Gasteiger charge is -2.18. The van der Waals surface area contributed by atoms with E-state index in [1.165, 1.54) is 12.0 Å². The van der Waals surface area contributed by atoms with Gasteiger partial charge in [-0.25, -0.2) is 4.90 Å². The first-order valence-corrected chi connectivity index (χ1v) is 7.39. The molecule has 0 N–H and O–H groups in total. The highest BCUT2D eigenvalue weighted by Gasteiger charge is 2.59. The monoisotopic (exact) mass is 303 g/mol. The number of amides is 2. The lowest BCUT2D eigenvalue weighted by atomic mass is 9.85. The molecular weight excluding hydrogens is 290 g/mol. The fourth-order valence-corrected chi connectivity index (χ4v) is 4.20. The predicted molar refractivity (Wildman–Crippen MR) is 78.2 cm³/mol. The first kappa shape index (κ1) is 12.9. The van der Waals surface area contributed by atoms with Gasteiger partial charge in [0, 0.05) is 0 Å². The maximum Gasteiger partial charge on any atom is 0.238 e. The Morgan fingerprint density at radius 3 is 2.29 bits per heavy atom. The van der Waals surface area contributed by atoms with E-state index >= 15 is 0 Å². The number of halogens is 1. The van der Waals surface area contributed by atoms with Gasteiger partial charge < -0.3 is 4.74 Å². The molecule has 1 aromatic rings. The largest absolute Gasteiger partial charge is 0.495 e. The van der Waals surface area contributed by atoms with E-state index in [-0.39, 0.29) is 35.5 Å². The zero-order valence-corrected chi connectivity index (χ0v) is 12.2. The molecule has 1 aliphatic heterocycles. The summed E-state index contributed by atoms with van der Waals surface area (Å²) in [6, 6.07) is 5.00. The second-order valence-electron chi connectivity index (χ2n) is 5.83. The van der Waals surface area contributed by atoms with Crippen LogP contribution in [0.1, 0.15) is 6.42 Å². The van der Waals surface area contributed by atoms with E-state index in [1.807, 2.05) is 0 Å². The molecule has 0 aromatic heterocycles. The number of nitrogens with zero attached hydrogens (tertiary/aromatic N) is 1. The highest BCUT2D eigenvalue weighted by Crippen LogP contribution is 2.53. The molecule has 2 bridgehead atoms. The molecule has 5 heteroatoms. The summed E-state index contributed by atoms with van der Waals surface area (Å²) in [6.07, 6.45) is 5.10. The minimum Gasteiger partial charge on any atom is -0.495 e. The lowest BCUT2D eigenvalue weighted by molar-refractivity contribution is -0.123. The molecule has 1 saturated carbocycles. The molecule has 4 rings (SSSR count). The van der Waals surface area contributed by atoms with Crippen molar-refractivity contribution in [1.82, 2.24) is 0 Å². The van der Waals surface area contributed by atoms with Crippen molar-refractivity contribution in [3.8, 4) is 5.75 Å². The Hall–Kier alpha value is -1.81. The summed E-state index contributed by atoms with van der Waals surface area (Å²) in [5, 5.41) is 0.397. The van der Waals surface area contributed by atoms with Gasteiger partial charge in [-0.2, -0.15) is 0 Å². The van der Waals surface area contributed by atoms with Gasteiger partial charge in [-0.1, -0.05) is 23.8 Å². The molecule has 21 heavy (non-hydrogen) atoms. The van der Waals surface area contributed by atoms with Crippen LogP contribution in [-0.4, -0.2) is 18.9 Å². The van der Waals surface area contributed by atoms with Crippen molar-refractivity contribution >= 4 is 29.1 Å². The number of rotatable bonds is 2. The summed E-state index contributed by atoms with van der Waals surface area (Å²) in [5.74, 6) is 0.403. The van der Waals surface area contributed by atoms with Crippen molar-refractivity contribution in [3.63, 3.8) is 0 Å². The minimum absolute atomic E-state index is 0.0944. The van der Waals surface area contributed by atoms with Crippen LogP contribution >= 0.6 is 11.6 Å². The zero-order chi connectivity index (χ0) is 14.7. The van der Waals surface area contributed by atoms with Gasteiger partial charge in [-0.15, -0.1) is 0 Å². The molecule has 108 valence electrons. The van der Waals surface area contributed by atoms with Crippen molar-refractivity contribution in [2.45, 2.75) is 6.42 Å². The van der Waals surface area contributed by atoms with Gasteiger partial charge in [0.2, 0.25) is 11.8 Å². The van der Waals surface area contributed by atoms with E-state index < -0.39 is 0 Å². The Labute approximate surface area is 127 Å². The molecule has 4 nitrogen and oxygen atoms in total. The minimum atomic E-state index is -0.187. The van der Waals surface area contributed by atoms with Crippen molar-refractivity contribution in [3.05, 3.63) is 35.4 Å². The van der Waals surface area contributed by atoms with E-state index in [4.69, 9.17) is 16.3 Å². The van der Waals surface area contributed by atoms with Crippen LogP contribution in [0, 0.1) is 23.7 Å². The number of imide groups is 1. The molecule has 2 amide bonds. The Kier molecular flexibility index (Phi) is 2.67. The van der Waals surface area contributed by atoms with Crippen molar-refractivity contribution in [1.29, 1.82) is 0 Å². The normalized spacial score (nSPS) is 33.0. The number of allylic oxidation sites excluding steroid dienone is 2. The van der Waals surface area contributed by atoms with Gasteiger partial charge in [0.15, 0.2) is 0 Å².